The lowest BCUT2D eigenvalue weighted by atomic mass is 10.8. The molecule has 0 fully saturated rings. The van der Waals surface area contributed by atoms with Gasteiger partial charge in [-0.05, 0) is 13.1 Å². The van der Waals surface area contributed by atoms with E-state index in [1.54, 1.807) is 12.4 Å². The molecule has 0 atom stereocenters. The van der Waals surface area contributed by atoms with Gasteiger partial charge in [-0.2, -0.15) is 5.10 Å². The van der Waals surface area contributed by atoms with Crippen molar-refractivity contribution in [3.63, 3.8) is 0 Å². The van der Waals surface area contributed by atoms with E-state index >= 15 is 0 Å². The van der Waals surface area contributed by atoms with E-state index in [1.165, 1.54) is 0 Å². The minimum absolute atomic E-state index is 0.983. The highest BCUT2D eigenvalue weighted by atomic mass is 15.3. The molecule has 0 aliphatic rings. The van der Waals surface area contributed by atoms with Crippen molar-refractivity contribution in [2.45, 2.75) is 6.92 Å². The number of aromatic amines is 1. The Hall–Kier alpha value is -0.870. The van der Waals surface area contributed by atoms with Crippen LogP contribution in [0.25, 0.3) is 0 Å². The molecule has 0 aliphatic carbocycles. The summed E-state index contributed by atoms with van der Waals surface area (Å²) in [5.74, 6) is 0. The Labute approximate surface area is 61.0 Å². The van der Waals surface area contributed by atoms with Gasteiger partial charge in [0.1, 0.15) is 0 Å². The summed E-state index contributed by atoms with van der Waals surface area (Å²) in [5, 5.41) is 6.21. The van der Waals surface area contributed by atoms with Crippen LogP contribution in [0.3, 0.4) is 0 Å². The Morgan fingerprint density at radius 1 is 1.60 bits per heavy atom. The predicted molar refractivity (Wildman–Crippen MR) is 41.3 cm³/mol. The van der Waals surface area contributed by atoms with Crippen molar-refractivity contribution in [3.8, 4) is 0 Å². The topological polar surface area (TPSA) is 52.7 Å². The lowest BCUT2D eigenvalue weighted by Gasteiger charge is -1.90. The average Bonchev–Trinajstić information content (AvgIpc) is 2.44. The van der Waals surface area contributed by atoms with Gasteiger partial charge in [0.15, 0.2) is 0 Å². The smallest absolute Gasteiger partial charge is 0.0487 e. The minimum atomic E-state index is 0.983. The first-order valence-corrected chi connectivity index (χ1v) is 3.25. The van der Waals surface area contributed by atoms with Crippen molar-refractivity contribution < 1.29 is 0 Å². The van der Waals surface area contributed by atoms with Gasteiger partial charge in [0.25, 0.3) is 0 Å². The Bertz CT molecular complexity index is 96.1. The molecule has 10 heavy (non-hydrogen) atoms. The summed E-state index contributed by atoms with van der Waals surface area (Å²) < 4.78 is 0. The Balaban J connectivity index is 0.000000162. The van der Waals surface area contributed by atoms with E-state index in [0.29, 0.717) is 0 Å². The summed E-state index contributed by atoms with van der Waals surface area (Å²) in [5.41, 5.74) is 5.63. The zero-order valence-electron chi connectivity index (χ0n) is 6.39. The molecule has 4 heteroatoms. The number of aromatic nitrogens is 2. The largest absolute Gasteiger partial charge is 0.286 e. The molecule has 0 spiro atoms. The average molecular weight is 142 g/mol. The summed E-state index contributed by atoms with van der Waals surface area (Å²) in [4.78, 5) is 0. The Morgan fingerprint density at radius 3 is 2.50 bits per heavy atom. The number of nitrogens with one attached hydrogen (secondary N) is 3. The summed E-state index contributed by atoms with van der Waals surface area (Å²) >= 11 is 0. The van der Waals surface area contributed by atoms with Gasteiger partial charge in [0, 0.05) is 18.9 Å². The lowest BCUT2D eigenvalue weighted by molar-refractivity contribution is 0.623. The van der Waals surface area contributed by atoms with Crippen LogP contribution in [0.1, 0.15) is 6.92 Å². The van der Waals surface area contributed by atoms with Crippen molar-refractivity contribution >= 4 is 0 Å². The molecule has 0 radical (unpaired) electrons. The number of nitrogens with zero attached hydrogens (tertiary/aromatic N) is 1. The van der Waals surface area contributed by atoms with E-state index in [0.717, 1.165) is 6.54 Å². The monoisotopic (exact) mass is 142 g/mol. The molecule has 1 aromatic rings. The third-order valence-corrected chi connectivity index (χ3v) is 0.759. The zero-order valence-corrected chi connectivity index (χ0v) is 6.39. The molecule has 58 valence electrons. The van der Waals surface area contributed by atoms with Crippen LogP contribution in [-0.2, 0) is 0 Å². The molecule has 0 saturated carbocycles. The highest BCUT2D eigenvalue weighted by molar-refractivity contribution is 4.72. The molecule has 0 amide bonds. The van der Waals surface area contributed by atoms with Crippen LogP contribution in [0.15, 0.2) is 18.5 Å². The molecule has 0 saturated heterocycles. The summed E-state index contributed by atoms with van der Waals surface area (Å²) in [6.45, 7) is 3.02. The third kappa shape index (κ3) is 7.13. The molecule has 0 aromatic carbocycles. The third-order valence-electron chi connectivity index (χ3n) is 0.759. The fourth-order valence-corrected chi connectivity index (χ4v) is 0.392. The van der Waals surface area contributed by atoms with Crippen LogP contribution in [0.2, 0.25) is 0 Å². The maximum absolute atomic E-state index is 3.60. The van der Waals surface area contributed by atoms with E-state index in [4.69, 9.17) is 0 Å². The second-order valence-corrected chi connectivity index (χ2v) is 1.55. The quantitative estimate of drug-likeness (QED) is 0.515. The number of hydrazine groups is 1. The van der Waals surface area contributed by atoms with Crippen molar-refractivity contribution in [2.75, 3.05) is 13.6 Å². The molecule has 1 rings (SSSR count). The lowest BCUT2D eigenvalue weighted by Crippen LogP contribution is -2.26. The first-order valence-electron chi connectivity index (χ1n) is 3.25. The van der Waals surface area contributed by atoms with E-state index in [2.05, 4.69) is 21.0 Å². The number of H-pyrrole nitrogens is 1. The second kappa shape index (κ2) is 8.13. The molecule has 1 aromatic heterocycles. The maximum Gasteiger partial charge on any atom is 0.0487 e. The Morgan fingerprint density at radius 2 is 2.40 bits per heavy atom. The fraction of sp³-hybridized carbons (Fsp3) is 0.500. The van der Waals surface area contributed by atoms with Crippen LogP contribution < -0.4 is 10.9 Å². The van der Waals surface area contributed by atoms with Gasteiger partial charge < -0.3 is 0 Å². The number of hydrogen-bond donors (Lipinski definition) is 3. The van der Waals surface area contributed by atoms with E-state index < -0.39 is 0 Å². The number of rotatable bonds is 2. The molecule has 3 N–H and O–H groups in total. The van der Waals surface area contributed by atoms with Gasteiger partial charge in [-0.1, -0.05) is 6.92 Å². The first kappa shape index (κ1) is 9.13. The van der Waals surface area contributed by atoms with Crippen molar-refractivity contribution in [3.05, 3.63) is 18.5 Å². The van der Waals surface area contributed by atoms with Crippen molar-refractivity contribution in [1.82, 2.24) is 21.0 Å². The molecule has 0 unspecified atom stereocenters. The normalized spacial score (nSPS) is 8.20. The van der Waals surface area contributed by atoms with Gasteiger partial charge >= 0.3 is 0 Å². The van der Waals surface area contributed by atoms with E-state index in [-0.39, 0.29) is 0 Å². The zero-order chi connectivity index (χ0) is 7.66. The summed E-state index contributed by atoms with van der Waals surface area (Å²) in [7, 11) is 1.85. The highest BCUT2D eigenvalue weighted by Gasteiger charge is 1.59. The van der Waals surface area contributed by atoms with Gasteiger partial charge in [-0.3, -0.25) is 16.0 Å². The highest BCUT2D eigenvalue weighted by Crippen LogP contribution is 1.64. The standard InChI is InChI=1S/C3H4N2.C3H10N2/c1-2-4-5-3-1;1-3-5-4-2/h1-3H,(H,4,5);4-5H,3H2,1-2H3. The molecular weight excluding hydrogens is 128 g/mol. The molecule has 4 nitrogen and oxygen atoms in total. The van der Waals surface area contributed by atoms with Gasteiger partial charge in [-0.15, -0.1) is 0 Å². The van der Waals surface area contributed by atoms with Gasteiger partial charge in [0.05, 0.1) is 0 Å². The summed E-state index contributed by atoms with van der Waals surface area (Å²) in [6.07, 6.45) is 3.46. The second-order valence-electron chi connectivity index (χ2n) is 1.55. The number of hydrogen-bond acceptors (Lipinski definition) is 3. The molecule has 1 heterocycles. The van der Waals surface area contributed by atoms with Crippen LogP contribution in [-0.4, -0.2) is 23.8 Å². The van der Waals surface area contributed by atoms with E-state index in [9.17, 15) is 0 Å². The predicted octanol–water partition coefficient (Wildman–Crippen LogP) is 0.140. The molecule has 0 aliphatic heterocycles. The van der Waals surface area contributed by atoms with Crippen LogP contribution in [0.4, 0.5) is 0 Å². The maximum atomic E-state index is 3.60. The minimum Gasteiger partial charge on any atom is -0.286 e. The molecular formula is C6H14N4. The molecule has 0 bridgehead atoms. The first-order chi connectivity index (χ1) is 4.91. The van der Waals surface area contributed by atoms with Crippen LogP contribution >= 0.6 is 0 Å². The Kier molecular flexibility index (Phi) is 7.42. The van der Waals surface area contributed by atoms with Gasteiger partial charge in [-0.25, -0.2) is 0 Å². The van der Waals surface area contributed by atoms with Crippen LogP contribution in [0.5, 0.6) is 0 Å². The van der Waals surface area contributed by atoms with Crippen molar-refractivity contribution in [1.29, 1.82) is 0 Å². The fourth-order valence-electron chi connectivity index (χ4n) is 0.392. The van der Waals surface area contributed by atoms with Crippen molar-refractivity contribution in [2.24, 2.45) is 0 Å². The van der Waals surface area contributed by atoms with Gasteiger partial charge in [0.2, 0.25) is 0 Å². The van der Waals surface area contributed by atoms with Crippen LogP contribution in [0, 0.1) is 0 Å². The summed E-state index contributed by atoms with van der Waals surface area (Å²) in [6, 6.07) is 1.83. The van der Waals surface area contributed by atoms with E-state index in [1.807, 2.05) is 20.0 Å². The SMILES string of the molecule is CCNNC.c1cn[nH]c1.